The fourth-order valence-electron chi connectivity index (χ4n) is 5.18. The number of ether oxygens (including phenoxy) is 3. The van der Waals surface area contributed by atoms with Crippen LogP contribution < -0.4 is 15.2 Å². The molecular weight excluding hydrogens is 446 g/mol. The van der Waals surface area contributed by atoms with Gasteiger partial charge in [0.25, 0.3) is 0 Å². The Labute approximate surface area is 193 Å². The van der Waals surface area contributed by atoms with Gasteiger partial charge >= 0.3 is 6.03 Å². The van der Waals surface area contributed by atoms with E-state index < -0.39 is 15.9 Å². The number of hydrogen-bond acceptors (Lipinski definition) is 6. The predicted molar refractivity (Wildman–Crippen MR) is 122 cm³/mol. The van der Waals surface area contributed by atoms with Gasteiger partial charge < -0.3 is 19.5 Å². The molecule has 2 aliphatic carbocycles. The minimum atomic E-state index is -3.56. The van der Waals surface area contributed by atoms with E-state index in [1.54, 1.807) is 14.2 Å². The van der Waals surface area contributed by atoms with Gasteiger partial charge in [-0.3, -0.25) is 0 Å². The highest BCUT2D eigenvalue weighted by Gasteiger charge is 2.32. The van der Waals surface area contributed by atoms with Crippen LogP contribution in [0.5, 0.6) is 5.88 Å². The molecule has 0 saturated carbocycles. The Hall–Kier alpha value is -2.47. The van der Waals surface area contributed by atoms with Crippen LogP contribution in [0.25, 0.3) is 0 Å². The number of carbonyl (C=O) groups is 1. The Morgan fingerprint density at radius 3 is 3.00 bits per heavy atom. The summed E-state index contributed by atoms with van der Waals surface area (Å²) in [6, 6.07) is 1.54. The van der Waals surface area contributed by atoms with Crippen molar-refractivity contribution in [3.63, 3.8) is 0 Å². The molecule has 3 aliphatic rings. The maximum absolute atomic E-state index is 13.3. The van der Waals surface area contributed by atoms with Crippen LogP contribution in [-0.4, -0.2) is 53.6 Å². The number of anilines is 1. The molecule has 0 radical (unpaired) electrons. The van der Waals surface area contributed by atoms with E-state index in [9.17, 15) is 9.00 Å². The number of aromatic nitrogens is 2. The highest BCUT2D eigenvalue weighted by molar-refractivity contribution is 7.91. The number of methoxy groups -OCH3 is 2. The number of nitrogens with two attached hydrogens (primary N) is 1. The van der Waals surface area contributed by atoms with E-state index in [4.69, 9.17) is 19.3 Å². The van der Waals surface area contributed by atoms with Gasteiger partial charge in [-0.2, -0.15) is 5.10 Å². The van der Waals surface area contributed by atoms with Crippen LogP contribution in [0.4, 0.5) is 10.5 Å². The summed E-state index contributed by atoms with van der Waals surface area (Å²) in [7, 11) is -0.291. The van der Waals surface area contributed by atoms with E-state index in [0.717, 1.165) is 48.9 Å². The van der Waals surface area contributed by atoms with E-state index >= 15 is 0 Å². The molecule has 11 heteroatoms. The highest BCUT2D eigenvalue weighted by Crippen LogP contribution is 2.44. The van der Waals surface area contributed by atoms with Crippen molar-refractivity contribution in [3.8, 4) is 5.88 Å². The zero-order chi connectivity index (χ0) is 23.2. The third kappa shape index (κ3) is 4.03. The third-order valence-corrected chi connectivity index (χ3v) is 8.05. The maximum atomic E-state index is 13.3. The van der Waals surface area contributed by atoms with Crippen molar-refractivity contribution in [2.75, 3.05) is 32.8 Å². The molecule has 0 bridgehead atoms. The van der Waals surface area contributed by atoms with E-state index in [2.05, 4.69) is 20.8 Å². The number of nitrogens with one attached hydrogen (secondary N) is 1. The van der Waals surface area contributed by atoms with Crippen LogP contribution >= 0.6 is 0 Å². The number of fused-ring (bicyclic) bond motifs is 3. The largest absolute Gasteiger partial charge is 0.474 e. The second kappa shape index (κ2) is 8.71. The smallest absolute Gasteiger partial charge is 0.354 e. The topological polar surface area (TPSA) is 130 Å². The summed E-state index contributed by atoms with van der Waals surface area (Å²) < 4.78 is 35.0. The summed E-state index contributed by atoms with van der Waals surface area (Å²) in [6.07, 6.45) is 6.04. The SMILES string of the molecule is COC[C@H]1CCc2cc3c(c(NC(=O)N=[S@](N)(=O)c4cnn5c4OC[C@@H](OC)C5)c21)CCC3. The van der Waals surface area contributed by atoms with Crippen molar-refractivity contribution in [3.05, 3.63) is 34.5 Å². The molecular formula is C22H29N5O5S. The van der Waals surface area contributed by atoms with Gasteiger partial charge in [0.2, 0.25) is 5.88 Å². The monoisotopic (exact) mass is 475 g/mol. The zero-order valence-corrected chi connectivity index (χ0v) is 19.7. The van der Waals surface area contributed by atoms with Gasteiger partial charge in [-0.05, 0) is 54.4 Å². The first kappa shape index (κ1) is 22.3. The zero-order valence-electron chi connectivity index (χ0n) is 18.8. The quantitative estimate of drug-likeness (QED) is 0.683. The lowest BCUT2D eigenvalue weighted by Gasteiger charge is -2.23. The van der Waals surface area contributed by atoms with Gasteiger partial charge in [0.05, 0.1) is 19.3 Å². The van der Waals surface area contributed by atoms with Gasteiger partial charge in [0.15, 0.2) is 9.92 Å². The fourth-order valence-corrected chi connectivity index (χ4v) is 6.18. The summed E-state index contributed by atoms with van der Waals surface area (Å²) in [6.45, 7) is 1.30. The lowest BCUT2D eigenvalue weighted by atomic mass is 9.94. The molecule has 1 aromatic carbocycles. The molecule has 0 unspecified atom stereocenters. The van der Waals surface area contributed by atoms with Crippen molar-refractivity contribution in [2.45, 2.75) is 55.6 Å². The molecule has 178 valence electrons. The summed E-state index contributed by atoms with van der Waals surface area (Å²) >= 11 is 0. The number of rotatable bonds is 5. The molecule has 1 aliphatic heterocycles. The summed E-state index contributed by atoms with van der Waals surface area (Å²) in [5, 5.41) is 13.2. The van der Waals surface area contributed by atoms with Crippen molar-refractivity contribution in [1.29, 1.82) is 0 Å². The lowest BCUT2D eigenvalue weighted by molar-refractivity contribution is 0.0165. The van der Waals surface area contributed by atoms with Gasteiger partial charge in [0.1, 0.15) is 17.6 Å². The number of urea groups is 1. The Balaban J connectivity index is 1.47. The van der Waals surface area contributed by atoms with Crippen LogP contribution in [-0.2, 0) is 45.2 Å². The Kier molecular flexibility index (Phi) is 5.89. The molecule has 2 heterocycles. The Morgan fingerprint density at radius 2 is 2.21 bits per heavy atom. The number of hydrogen-bond donors (Lipinski definition) is 2. The van der Waals surface area contributed by atoms with Crippen LogP contribution in [0.1, 0.15) is 41.0 Å². The first-order valence-electron chi connectivity index (χ1n) is 11.1. The molecule has 0 saturated heterocycles. The normalized spacial score (nSPS) is 22.6. The van der Waals surface area contributed by atoms with Gasteiger partial charge in [-0.1, -0.05) is 6.07 Å². The van der Waals surface area contributed by atoms with Crippen molar-refractivity contribution < 1.29 is 23.2 Å². The number of aryl methyl sites for hydroxylation is 2. The van der Waals surface area contributed by atoms with Crippen molar-refractivity contribution >= 4 is 21.6 Å². The highest BCUT2D eigenvalue weighted by atomic mass is 32.2. The number of amides is 2. The Morgan fingerprint density at radius 1 is 1.36 bits per heavy atom. The standard InChI is InChI=1S/C22H29N5O5S/c1-30-11-15-7-6-14-8-13-4-3-5-17(13)20(19(14)15)25-22(28)26-33(23,29)18-9-24-27-10-16(31-2)12-32-21(18)27/h8-9,15-16H,3-7,10-12H2,1-2H3,(H3,23,25,26,28,29)/t15-,16+,33+/m1/s1. The van der Waals surface area contributed by atoms with E-state index in [0.29, 0.717) is 13.2 Å². The molecule has 2 aromatic rings. The minimum absolute atomic E-state index is 0.105. The second-order valence-electron chi connectivity index (χ2n) is 8.76. The van der Waals surface area contributed by atoms with Gasteiger partial charge in [0, 0.05) is 25.8 Å². The Bertz CT molecular complexity index is 1220. The van der Waals surface area contributed by atoms with Gasteiger partial charge in [-0.25, -0.2) is 18.8 Å². The van der Waals surface area contributed by atoms with Gasteiger partial charge in [-0.15, -0.1) is 4.36 Å². The van der Waals surface area contributed by atoms with Crippen molar-refractivity contribution in [1.82, 2.24) is 9.78 Å². The van der Waals surface area contributed by atoms with E-state index in [1.807, 2.05) is 0 Å². The van der Waals surface area contributed by atoms with E-state index in [1.165, 1.54) is 22.0 Å². The first-order chi connectivity index (χ1) is 15.9. The molecule has 2 amide bonds. The average molecular weight is 476 g/mol. The third-order valence-electron chi connectivity index (χ3n) is 6.71. The summed E-state index contributed by atoms with van der Waals surface area (Å²) in [5.74, 6) is 0.465. The van der Waals surface area contributed by atoms with Crippen LogP contribution in [0.3, 0.4) is 0 Å². The molecule has 10 nitrogen and oxygen atoms in total. The van der Waals surface area contributed by atoms with Crippen LogP contribution in [0.2, 0.25) is 0 Å². The second-order valence-corrected chi connectivity index (χ2v) is 10.5. The molecule has 3 atom stereocenters. The first-order valence-corrected chi connectivity index (χ1v) is 12.7. The maximum Gasteiger partial charge on any atom is 0.354 e. The predicted octanol–water partition coefficient (Wildman–Crippen LogP) is 2.39. The molecule has 0 fully saturated rings. The minimum Gasteiger partial charge on any atom is -0.474 e. The number of carbonyl (C=O) groups excluding carboxylic acids is 1. The molecule has 1 aromatic heterocycles. The average Bonchev–Trinajstić information content (AvgIpc) is 3.51. The van der Waals surface area contributed by atoms with Crippen LogP contribution in [0.15, 0.2) is 21.5 Å². The lowest BCUT2D eigenvalue weighted by Crippen LogP contribution is -2.32. The van der Waals surface area contributed by atoms with E-state index in [-0.39, 0.29) is 29.4 Å². The number of nitrogens with zero attached hydrogens (tertiary/aromatic N) is 3. The fraction of sp³-hybridized carbons (Fsp3) is 0.545. The molecule has 5 rings (SSSR count). The molecule has 0 spiro atoms. The van der Waals surface area contributed by atoms with Crippen LogP contribution in [0, 0.1) is 0 Å². The summed E-state index contributed by atoms with van der Waals surface area (Å²) in [4.78, 5) is 13.1. The molecule has 3 N–H and O–H groups in total. The number of benzene rings is 1. The van der Waals surface area contributed by atoms with Crippen molar-refractivity contribution in [2.24, 2.45) is 9.50 Å². The summed E-state index contributed by atoms with van der Waals surface area (Å²) in [5.41, 5.74) is 5.55. The molecule has 33 heavy (non-hydrogen) atoms.